The van der Waals surface area contributed by atoms with E-state index in [9.17, 15) is 17.6 Å². The molecule has 0 bridgehead atoms. The lowest BCUT2D eigenvalue weighted by atomic mass is 10.2. The molecule has 1 aromatic rings. The molecule has 0 aliphatic rings. The van der Waals surface area contributed by atoms with Gasteiger partial charge in [-0.25, -0.2) is 17.6 Å². The number of hydrogen-bond donors (Lipinski definition) is 0. The van der Waals surface area contributed by atoms with E-state index in [-0.39, 0.29) is 4.47 Å². The summed E-state index contributed by atoms with van der Waals surface area (Å²) in [5.41, 5.74) is -0.419. The third-order valence-corrected chi connectivity index (χ3v) is 3.36. The van der Waals surface area contributed by atoms with Crippen LogP contribution in [0.3, 0.4) is 0 Å². The molecule has 0 saturated heterocycles. The molecule has 0 heterocycles. The fourth-order valence-electron chi connectivity index (χ4n) is 1.09. The van der Waals surface area contributed by atoms with Crippen molar-refractivity contribution in [1.82, 2.24) is 0 Å². The lowest BCUT2D eigenvalue weighted by Gasteiger charge is -2.06. The minimum atomic E-state index is -3.73. The van der Waals surface area contributed by atoms with Crippen molar-refractivity contribution in [2.45, 2.75) is 4.90 Å². The molecule has 7 heteroatoms. The topological polar surface area (TPSA) is 60.4 Å². The van der Waals surface area contributed by atoms with E-state index in [4.69, 9.17) is 0 Å². The second kappa shape index (κ2) is 4.50. The summed E-state index contributed by atoms with van der Waals surface area (Å²) in [7, 11) is -2.65. The summed E-state index contributed by atoms with van der Waals surface area (Å²) in [6.45, 7) is 0. The molecule has 0 atom stereocenters. The molecule has 0 fully saturated rings. The van der Waals surface area contributed by atoms with Crippen LogP contribution in [0.15, 0.2) is 21.5 Å². The smallest absolute Gasteiger partial charge is 0.340 e. The highest BCUT2D eigenvalue weighted by Crippen LogP contribution is 2.24. The zero-order valence-corrected chi connectivity index (χ0v) is 10.9. The van der Waals surface area contributed by atoms with Crippen LogP contribution < -0.4 is 0 Å². The Morgan fingerprint density at radius 2 is 2.00 bits per heavy atom. The molecule has 88 valence electrons. The van der Waals surface area contributed by atoms with Gasteiger partial charge < -0.3 is 4.74 Å². The fraction of sp³-hybridized carbons (Fsp3) is 0.222. The van der Waals surface area contributed by atoms with E-state index in [1.807, 2.05) is 0 Å². The molecule has 0 spiro atoms. The fourth-order valence-corrected chi connectivity index (χ4v) is 2.48. The maximum atomic E-state index is 13.7. The van der Waals surface area contributed by atoms with Gasteiger partial charge in [-0.05, 0) is 12.1 Å². The van der Waals surface area contributed by atoms with Crippen molar-refractivity contribution in [1.29, 1.82) is 0 Å². The van der Waals surface area contributed by atoms with Crippen molar-refractivity contribution < 1.29 is 22.3 Å². The number of esters is 1. The first-order valence-corrected chi connectivity index (χ1v) is 6.73. The molecular weight excluding hydrogens is 303 g/mol. The zero-order valence-electron chi connectivity index (χ0n) is 8.45. The zero-order chi connectivity index (χ0) is 12.5. The number of carbonyl (C=O) groups is 1. The van der Waals surface area contributed by atoms with Gasteiger partial charge in [-0.3, -0.25) is 0 Å². The molecule has 0 amide bonds. The highest BCUT2D eigenvalue weighted by Gasteiger charge is 2.22. The third kappa shape index (κ3) is 2.59. The Morgan fingerprint density at radius 1 is 1.44 bits per heavy atom. The van der Waals surface area contributed by atoms with Crippen LogP contribution in [0.25, 0.3) is 0 Å². The summed E-state index contributed by atoms with van der Waals surface area (Å²) < 4.78 is 40.8. The number of rotatable bonds is 2. The number of ether oxygens (including phenoxy) is 1. The van der Waals surface area contributed by atoms with Crippen molar-refractivity contribution in [2.75, 3.05) is 13.4 Å². The Bertz CT molecular complexity index is 539. The van der Waals surface area contributed by atoms with Gasteiger partial charge in [0.15, 0.2) is 15.7 Å². The monoisotopic (exact) mass is 310 g/mol. The molecule has 0 aliphatic carbocycles. The number of carbonyl (C=O) groups excluding carboxylic acids is 1. The van der Waals surface area contributed by atoms with Crippen molar-refractivity contribution in [3.63, 3.8) is 0 Å². The predicted octanol–water partition coefficient (Wildman–Crippen LogP) is 1.78. The summed E-state index contributed by atoms with van der Waals surface area (Å²) in [6.07, 6.45) is 0.860. The summed E-state index contributed by atoms with van der Waals surface area (Å²) in [5.74, 6) is -2.03. The minimum absolute atomic E-state index is 0.287. The van der Waals surface area contributed by atoms with Crippen molar-refractivity contribution >= 4 is 31.7 Å². The maximum Gasteiger partial charge on any atom is 0.340 e. The van der Waals surface area contributed by atoms with Gasteiger partial charge >= 0.3 is 5.97 Å². The first kappa shape index (κ1) is 13.1. The first-order valence-electron chi connectivity index (χ1n) is 4.04. The molecule has 0 aliphatic heterocycles. The summed E-state index contributed by atoms with van der Waals surface area (Å²) in [5, 5.41) is 0. The Kier molecular flexibility index (Phi) is 3.69. The second-order valence-corrected chi connectivity index (χ2v) is 5.93. The van der Waals surface area contributed by atoms with Crippen molar-refractivity contribution in [3.8, 4) is 0 Å². The molecule has 0 saturated carbocycles. The van der Waals surface area contributed by atoms with Crippen LogP contribution in [-0.4, -0.2) is 27.8 Å². The van der Waals surface area contributed by atoms with Gasteiger partial charge in [0.25, 0.3) is 0 Å². The second-order valence-electron chi connectivity index (χ2n) is 3.03. The third-order valence-electron chi connectivity index (χ3n) is 1.81. The van der Waals surface area contributed by atoms with Crippen LogP contribution in [0.4, 0.5) is 4.39 Å². The number of sulfone groups is 1. The van der Waals surface area contributed by atoms with E-state index in [0.29, 0.717) is 0 Å². The molecule has 0 radical (unpaired) electrons. The van der Waals surface area contributed by atoms with Gasteiger partial charge in [-0.2, -0.15) is 0 Å². The quantitative estimate of drug-likeness (QED) is 0.781. The normalized spacial score (nSPS) is 11.2. The average Bonchev–Trinajstić information content (AvgIpc) is 2.18. The Morgan fingerprint density at radius 3 is 2.44 bits per heavy atom. The minimum Gasteiger partial charge on any atom is -0.465 e. The van der Waals surface area contributed by atoms with Crippen LogP contribution in [0, 0.1) is 5.82 Å². The molecule has 0 unspecified atom stereocenters. The van der Waals surface area contributed by atoms with Crippen LogP contribution in [0.5, 0.6) is 0 Å². The molecule has 1 aromatic carbocycles. The standard InChI is InChI=1S/C9H8BrFO4S/c1-15-9(12)6-3-5(10)4-7(8(6)11)16(2,13)14/h3-4H,1-2H3. The molecule has 16 heavy (non-hydrogen) atoms. The van der Waals surface area contributed by atoms with E-state index in [1.165, 1.54) is 0 Å². The van der Waals surface area contributed by atoms with Crippen LogP contribution in [-0.2, 0) is 14.6 Å². The average molecular weight is 311 g/mol. The number of methoxy groups -OCH3 is 1. The summed E-state index contributed by atoms with van der Waals surface area (Å²) in [4.78, 5) is 10.6. The van der Waals surface area contributed by atoms with Crippen LogP contribution >= 0.6 is 15.9 Å². The molecule has 4 nitrogen and oxygen atoms in total. The SMILES string of the molecule is COC(=O)c1cc(Br)cc(S(C)(=O)=O)c1F. The van der Waals surface area contributed by atoms with Gasteiger partial charge in [0.1, 0.15) is 4.90 Å². The summed E-state index contributed by atoms with van der Waals surface area (Å²) in [6, 6.07) is 2.26. The number of halogens is 2. The van der Waals surface area contributed by atoms with E-state index < -0.39 is 32.1 Å². The van der Waals surface area contributed by atoms with E-state index in [0.717, 1.165) is 25.5 Å². The molecule has 0 aromatic heterocycles. The first-order chi connectivity index (χ1) is 7.27. The highest BCUT2D eigenvalue weighted by molar-refractivity contribution is 9.10. The van der Waals surface area contributed by atoms with E-state index in [2.05, 4.69) is 20.7 Å². The number of hydrogen-bond acceptors (Lipinski definition) is 4. The molecule has 1 rings (SSSR count). The highest BCUT2D eigenvalue weighted by atomic mass is 79.9. The maximum absolute atomic E-state index is 13.7. The van der Waals surface area contributed by atoms with E-state index in [1.54, 1.807) is 0 Å². The Balaban J connectivity index is 3.56. The van der Waals surface area contributed by atoms with Crippen LogP contribution in [0.1, 0.15) is 10.4 Å². The Labute approximate surface area is 100 Å². The van der Waals surface area contributed by atoms with Gasteiger partial charge in [0, 0.05) is 10.7 Å². The van der Waals surface area contributed by atoms with Crippen molar-refractivity contribution in [2.24, 2.45) is 0 Å². The van der Waals surface area contributed by atoms with Gasteiger partial charge in [0.2, 0.25) is 0 Å². The lowest BCUT2D eigenvalue weighted by Crippen LogP contribution is -2.09. The van der Waals surface area contributed by atoms with Gasteiger partial charge in [0.05, 0.1) is 12.7 Å². The number of benzene rings is 1. The van der Waals surface area contributed by atoms with Gasteiger partial charge in [-0.15, -0.1) is 0 Å². The Hall–Kier alpha value is -0.950. The van der Waals surface area contributed by atoms with Gasteiger partial charge in [-0.1, -0.05) is 15.9 Å². The predicted molar refractivity (Wildman–Crippen MR) is 58.5 cm³/mol. The van der Waals surface area contributed by atoms with Crippen molar-refractivity contribution in [3.05, 3.63) is 28.0 Å². The van der Waals surface area contributed by atoms with E-state index >= 15 is 0 Å². The lowest BCUT2D eigenvalue weighted by molar-refractivity contribution is 0.0594. The van der Waals surface area contributed by atoms with Crippen LogP contribution in [0.2, 0.25) is 0 Å². The largest absolute Gasteiger partial charge is 0.465 e. The molecular formula is C9H8BrFO4S. The summed E-state index contributed by atoms with van der Waals surface area (Å²) >= 11 is 3.00. The molecule has 0 N–H and O–H groups in total.